The van der Waals surface area contributed by atoms with Crippen LogP contribution in [0.2, 0.25) is 0 Å². The molecule has 0 aliphatic carbocycles. The third-order valence-electron chi connectivity index (χ3n) is 6.11. The van der Waals surface area contributed by atoms with E-state index in [2.05, 4.69) is 60.7 Å². The van der Waals surface area contributed by atoms with Crippen LogP contribution < -0.4 is 0 Å². The normalized spacial score (nSPS) is 22.7. The fourth-order valence-electron chi connectivity index (χ4n) is 4.86. The topological polar surface area (TPSA) is 8.17 Å². The Kier molecular flexibility index (Phi) is 3.47. The van der Waals surface area contributed by atoms with Crippen LogP contribution in [0.5, 0.6) is 0 Å². The molecule has 2 aliphatic heterocycles. The number of para-hydroxylation sites is 1. The maximum Gasteiger partial charge on any atom is 0.0597 e. The van der Waals surface area contributed by atoms with Gasteiger partial charge in [-0.25, -0.2) is 0 Å². The molecule has 23 heavy (non-hydrogen) atoms. The summed E-state index contributed by atoms with van der Waals surface area (Å²) in [6.45, 7) is 5.77. The Morgan fingerprint density at radius 2 is 2.00 bits per heavy atom. The molecular formula is C20H24N2S. The third kappa shape index (κ3) is 1.87. The highest BCUT2D eigenvalue weighted by Crippen LogP contribution is 2.53. The van der Waals surface area contributed by atoms with Gasteiger partial charge in [-0.2, -0.15) is 0 Å². The maximum absolute atomic E-state index is 5.41. The van der Waals surface area contributed by atoms with Gasteiger partial charge in [0.2, 0.25) is 0 Å². The fourth-order valence-corrected chi connectivity index (χ4v) is 5.03. The van der Waals surface area contributed by atoms with E-state index in [-0.39, 0.29) is 5.41 Å². The number of benzene rings is 1. The number of hydrogen-bond acceptors (Lipinski definition) is 2. The first-order valence-electron chi connectivity index (χ1n) is 8.67. The second-order valence-corrected chi connectivity index (χ2v) is 7.21. The molecule has 1 atom stereocenters. The predicted molar refractivity (Wildman–Crippen MR) is 102 cm³/mol. The molecule has 0 spiro atoms. The molecule has 2 nitrogen and oxygen atoms in total. The molecule has 3 heterocycles. The van der Waals surface area contributed by atoms with Crippen molar-refractivity contribution in [3.8, 4) is 0 Å². The Morgan fingerprint density at radius 1 is 1.26 bits per heavy atom. The van der Waals surface area contributed by atoms with Crippen molar-refractivity contribution in [3.05, 3.63) is 41.6 Å². The minimum atomic E-state index is 0.180. The lowest BCUT2D eigenvalue weighted by molar-refractivity contribution is 0.0945. The zero-order valence-corrected chi connectivity index (χ0v) is 15.0. The van der Waals surface area contributed by atoms with Crippen molar-refractivity contribution in [1.82, 2.24) is 9.47 Å². The summed E-state index contributed by atoms with van der Waals surface area (Å²) in [6, 6.07) is 9.26. The highest BCUT2D eigenvalue weighted by molar-refractivity contribution is 7.79. The van der Waals surface area contributed by atoms with Crippen molar-refractivity contribution < 1.29 is 0 Å². The van der Waals surface area contributed by atoms with Crippen molar-refractivity contribution in [3.63, 3.8) is 0 Å². The van der Waals surface area contributed by atoms with Gasteiger partial charge in [-0.3, -0.25) is 4.90 Å². The molecule has 4 rings (SSSR count). The number of allylic oxidation sites excluding steroid dienone is 1. The van der Waals surface area contributed by atoms with Crippen molar-refractivity contribution >= 4 is 34.2 Å². The van der Waals surface area contributed by atoms with Gasteiger partial charge in [0.1, 0.15) is 0 Å². The number of fused-ring (bicyclic) bond motifs is 3. The Morgan fingerprint density at radius 3 is 2.70 bits per heavy atom. The first-order chi connectivity index (χ1) is 11.2. The van der Waals surface area contributed by atoms with Gasteiger partial charge in [0, 0.05) is 28.4 Å². The first kappa shape index (κ1) is 15.1. The van der Waals surface area contributed by atoms with Crippen LogP contribution in [0.3, 0.4) is 0 Å². The predicted octanol–water partition coefficient (Wildman–Crippen LogP) is 4.83. The largest absolute Gasteiger partial charge is 0.311 e. The number of nitrogens with zero attached hydrogens (tertiary/aromatic N) is 2. The highest BCUT2D eigenvalue weighted by atomic mass is 32.1. The summed E-state index contributed by atoms with van der Waals surface area (Å²) in [5.41, 5.74) is 5.71. The van der Waals surface area contributed by atoms with E-state index in [1.54, 1.807) is 0 Å². The number of thiocarbonyl (C=S) groups is 1. The SMILES string of the molecule is CCC1(CC)C=C(C=S)n2c3c(c4ccccc42)CCN(C)[C@H]31. The second-order valence-electron chi connectivity index (χ2n) is 6.98. The molecule has 0 amide bonds. The minimum Gasteiger partial charge on any atom is -0.311 e. The van der Waals surface area contributed by atoms with Gasteiger partial charge in [0.05, 0.1) is 17.3 Å². The monoisotopic (exact) mass is 324 g/mol. The van der Waals surface area contributed by atoms with E-state index in [1.165, 1.54) is 27.9 Å². The van der Waals surface area contributed by atoms with E-state index in [1.807, 2.05) is 5.37 Å². The van der Waals surface area contributed by atoms with Gasteiger partial charge in [0.15, 0.2) is 0 Å². The lowest BCUT2D eigenvalue weighted by atomic mass is 9.69. The minimum absolute atomic E-state index is 0.180. The summed E-state index contributed by atoms with van der Waals surface area (Å²) in [5, 5.41) is 3.28. The van der Waals surface area contributed by atoms with E-state index in [4.69, 9.17) is 12.2 Å². The van der Waals surface area contributed by atoms with Crippen molar-refractivity contribution in [1.29, 1.82) is 0 Å². The quantitative estimate of drug-likeness (QED) is 0.747. The highest BCUT2D eigenvalue weighted by Gasteiger charge is 2.46. The summed E-state index contributed by atoms with van der Waals surface area (Å²) >= 11 is 5.41. The van der Waals surface area contributed by atoms with Crippen molar-refractivity contribution in [2.75, 3.05) is 13.6 Å². The Bertz CT molecular complexity index is 810. The van der Waals surface area contributed by atoms with Crippen LogP contribution in [0.1, 0.15) is 44.0 Å². The molecule has 0 fully saturated rings. The molecule has 0 saturated heterocycles. The molecule has 0 N–H and O–H groups in total. The van der Waals surface area contributed by atoms with Crippen molar-refractivity contribution in [2.24, 2.45) is 5.41 Å². The first-order valence-corrected chi connectivity index (χ1v) is 9.15. The van der Waals surface area contributed by atoms with Gasteiger partial charge in [0.25, 0.3) is 0 Å². The van der Waals surface area contributed by atoms with E-state index in [9.17, 15) is 0 Å². The lowest BCUT2D eigenvalue weighted by Crippen LogP contribution is -2.45. The van der Waals surface area contributed by atoms with Crippen LogP contribution >= 0.6 is 12.2 Å². The Balaban J connectivity index is 2.13. The van der Waals surface area contributed by atoms with Crippen LogP contribution in [-0.4, -0.2) is 28.4 Å². The van der Waals surface area contributed by atoms with Crippen molar-refractivity contribution in [2.45, 2.75) is 39.2 Å². The molecule has 2 aliphatic rings. The van der Waals surface area contributed by atoms with E-state index in [0.717, 1.165) is 25.8 Å². The average molecular weight is 324 g/mol. The third-order valence-corrected chi connectivity index (χ3v) is 6.35. The van der Waals surface area contributed by atoms with Gasteiger partial charge in [-0.05, 0) is 37.9 Å². The summed E-state index contributed by atoms with van der Waals surface area (Å²) in [5.74, 6) is 0. The Hall–Kier alpha value is -1.45. The molecule has 3 heteroatoms. The summed E-state index contributed by atoms with van der Waals surface area (Å²) in [6.07, 6.45) is 5.87. The zero-order valence-electron chi connectivity index (χ0n) is 14.2. The number of hydrogen-bond donors (Lipinski definition) is 0. The maximum atomic E-state index is 5.41. The molecule has 0 bridgehead atoms. The Labute approximate surface area is 143 Å². The summed E-state index contributed by atoms with van der Waals surface area (Å²) < 4.78 is 2.43. The summed E-state index contributed by atoms with van der Waals surface area (Å²) in [4.78, 5) is 2.56. The van der Waals surface area contributed by atoms with Crippen LogP contribution in [0.15, 0.2) is 30.3 Å². The molecule has 0 radical (unpaired) electrons. The van der Waals surface area contributed by atoms with Crippen LogP contribution in [0, 0.1) is 5.41 Å². The number of aromatic nitrogens is 1. The van der Waals surface area contributed by atoms with E-state index in [0.29, 0.717) is 6.04 Å². The van der Waals surface area contributed by atoms with Crippen LogP contribution in [0.25, 0.3) is 16.6 Å². The van der Waals surface area contributed by atoms with E-state index >= 15 is 0 Å². The van der Waals surface area contributed by atoms with Gasteiger partial charge < -0.3 is 4.57 Å². The van der Waals surface area contributed by atoms with E-state index < -0.39 is 0 Å². The van der Waals surface area contributed by atoms with Gasteiger partial charge >= 0.3 is 0 Å². The molecule has 1 aromatic heterocycles. The molecule has 1 aromatic carbocycles. The molecule has 120 valence electrons. The smallest absolute Gasteiger partial charge is 0.0597 e. The van der Waals surface area contributed by atoms with Gasteiger partial charge in [-0.15, -0.1) is 0 Å². The van der Waals surface area contributed by atoms with Crippen LogP contribution in [-0.2, 0) is 6.42 Å². The molecule has 0 saturated carbocycles. The zero-order chi connectivity index (χ0) is 16.2. The molecular weight excluding hydrogens is 300 g/mol. The average Bonchev–Trinajstić information content (AvgIpc) is 2.93. The molecule has 0 unspecified atom stereocenters. The number of rotatable bonds is 3. The number of likely N-dealkylation sites (N-methyl/N-ethyl adjacent to an activating group) is 1. The standard InChI is InChI=1S/C20H24N2S/c1-4-20(5-2)12-14(13-23)22-17-9-7-6-8-15(17)16-10-11-21(3)19(20)18(16)22/h6-9,12-13,19H,4-5,10-11H2,1-3H3/t19-/m1/s1. The van der Waals surface area contributed by atoms with Gasteiger partial charge in [-0.1, -0.05) is 50.3 Å². The fraction of sp³-hybridized carbons (Fsp3) is 0.450. The second kappa shape index (κ2) is 5.29. The lowest BCUT2D eigenvalue weighted by Gasteiger charge is -2.48. The molecule has 2 aromatic rings. The summed E-state index contributed by atoms with van der Waals surface area (Å²) in [7, 11) is 2.28. The van der Waals surface area contributed by atoms with Crippen LogP contribution in [0.4, 0.5) is 0 Å².